The molecule has 2 rings (SSSR count). The number of nitrogens with zero attached hydrogens (tertiary/aromatic N) is 1. The van der Waals surface area contributed by atoms with Crippen LogP contribution < -0.4 is 10.5 Å². The van der Waals surface area contributed by atoms with Gasteiger partial charge < -0.3 is 15.2 Å². The Kier molecular flexibility index (Phi) is 3.98. The summed E-state index contributed by atoms with van der Waals surface area (Å²) in [6, 6.07) is 1.78. The molecule has 16 heavy (non-hydrogen) atoms. The quantitative estimate of drug-likeness (QED) is 0.874. The molecule has 5 heteroatoms. The summed E-state index contributed by atoms with van der Waals surface area (Å²) >= 11 is 5.90. The first kappa shape index (κ1) is 11.6. The first-order chi connectivity index (χ1) is 7.79. The van der Waals surface area contributed by atoms with E-state index in [1.165, 1.54) is 0 Å². The molecule has 88 valence electrons. The van der Waals surface area contributed by atoms with Gasteiger partial charge in [0.2, 0.25) is 5.88 Å². The molecule has 1 aromatic heterocycles. The molecule has 0 amide bonds. The number of nitrogens with two attached hydrogens (primary N) is 1. The molecule has 1 unspecified atom stereocenters. The van der Waals surface area contributed by atoms with E-state index in [-0.39, 0.29) is 6.10 Å². The Balaban J connectivity index is 1.93. The lowest BCUT2D eigenvalue weighted by molar-refractivity contribution is 0.0663. The molecule has 0 aromatic carbocycles. The Morgan fingerprint density at radius 1 is 1.62 bits per heavy atom. The number of hydrogen-bond acceptors (Lipinski definition) is 4. The van der Waals surface area contributed by atoms with Crippen molar-refractivity contribution in [3.8, 4) is 5.88 Å². The second-order valence-corrected chi connectivity index (χ2v) is 4.17. The van der Waals surface area contributed by atoms with Crippen molar-refractivity contribution < 1.29 is 9.47 Å². The van der Waals surface area contributed by atoms with Crippen molar-refractivity contribution >= 4 is 11.6 Å². The predicted octanol–water partition coefficient (Wildman–Crippen LogP) is 1.75. The van der Waals surface area contributed by atoms with Gasteiger partial charge in [-0.3, -0.25) is 0 Å². The molecular weight excluding hydrogens is 228 g/mol. The Hall–Kier alpha value is -0.840. The fourth-order valence-electron chi connectivity index (χ4n) is 1.65. The molecule has 2 N–H and O–H groups in total. The van der Waals surface area contributed by atoms with E-state index in [1.54, 1.807) is 12.3 Å². The Bertz CT molecular complexity index is 354. The Labute approximate surface area is 99.7 Å². The maximum absolute atomic E-state index is 5.90. The molecule has 0 saturated carbocycles. The third kappa shape index (κ3) is 2.84. The van der Waals surface area contributed by atoms with Gasteiger partial charge in [0.1, 0.15) is 6.61 Å². The highest BCUT2D eigenvalue weighted by molar-refractivity contribution is 6.31. The highest BCUT2D eigenvalue weighted by atomic mass is 35.5. The van der Waals surface area contributed by atoms with Crippen LogP contribution in [0.1, 0.15) is 18.4 Å². The van der Waals surface area contributed by atoms with E-state index in [0.29, 0.717) is 24.1 Å². The van der Waals surface area contributed by atoms with Crippen LogP contribution in [-0.2, 0) is 11.3 Å². The molecule has 1 fully saturated rings. The smallest absolute Gasteiger partial charge is 0.213 e. The van der Waals surface area contributed by atoms with Gasteiger partial charge >= 0.3 is 0 Å². The summed E-state index contributed by atoms with van der Waals surface area (Å²) in [4.78, 5) is 4.08. The number of ether oxygens (including phenoxy) is 2. The summed E-state index contributed by atoms with van der Waals surface area (Å²) < 4.78 is 11.0. The minimum atomic E-state index is 0.193. The predicted molar refractivity (Wildman–Crippen MR) is 61.6 cm³/mol. The van der Waals surface area contributed by atoms with Gasteiger partial charge in [-0.25, -0.2) is 4.98 Å². The van der Waals surface area contributed by atoms with Crippen molar-refractivity contribution in [1.82, 2.24) is 4.98 Å². The molecule has 0 spiro atoms. The van der Waals surface area contributed by atoms with E-state index >= 15 is 0 Å². The van der Waals surface area contributed by atoms with E-state index in [0.717, 1.165) is 25.0 Å². The van der Waals surface area contributed by atoms with E-state index in [2.05, 4.69) is 4.98 Å². The third-order valence-electron chi connectivity index (χ3n) is 2.57. The minimum Gasteiger partial charge on any atom is -0.475 e. The SMILES string of the molecule is NCc1cc(OCC2CCCO2)ncc1Cl. The summed E-state index contributed by atoms with van der Waals surface area (Å²) in [7, 11) is 0. The summed E-state index contributed by atoms with van der Waals surface area (Å²) in [5.41, 5.74) is 6.39. The summed E-state index contributed by atoms with van der Waals surface area (Å²) in [5, 5.41) is 0.576. The molecule has 0 bridgehead atoms. The van der Waals surface area contributed by atoms with E-state index in [9.17, 15) is 0 Å². The standard InChI is InChI=1S/C11H15ClN2O2/c12-10-6-14-11(4-8(10)5-13)16-7-9-2-1-3-15-9/h4,6,9H,1-3,5,7,13H2. The number of aromatic nitrogens is 1. The Morgan fingerprint density at radius 2 is 2.50 bits per heavy atom. The maximum atomic E-state index is 5.90. The number of halogens is 1. The third-order valence-corrected chi connectivity index (χ3v) is 2.91. The van der Waals surface area contributed by atoms with Gasteiger partial charge in [0.25, 0.3) is 0 Å². The first-order valence-corrected chi connectivity index (χ1v) is 5.76. The fraction of sp³-hybridized carbons (Fsp3) is 0.545. The molecule has 1 aromatic rings. The molecule has 1 saturated heterocycles. The molecule has 1 atom stereocenters. The maximum Gasteiger partial charge on any atom is 0.213 e. The van der Waals surface area contributed by atoms with Gasteiger partial charge in [0, 0.05) is 25.4 Å². The topological polar surface area (TPSA) is 57.4 Å². The highest BCUT2D eigenvalue weighted by Crippen LogP contribution is 2.20. The number of rotatable bonds is 4. The van der Waals surface area contributed by atoms with E-state index in [4.69, 9.17) is 26.8 Å². The summed E-state index contributed by atoms with van der Waals surface area (Å²) in [6.07, 6.45) is 3.92. The second kappa shape index (κ2) is 5.48. The fourth-order valence-corrected chi connectivity index (χ4v) is 1.83. The van der Waals surface area contributed by atoms with Gasteiger partial charge in [-0.1, -0.05) is 11.6 Å². The number of hydrogen-bond donors (Lipinski definition) is 1. The van der Waals surface area contributed by atoms with Crippen LogP contribution in [0.2, 0.25) is 5.02 Å². The van der Waals surface area contributed by atoms with Crippen LogP contribution in [0, 0.1) is 0 Å². The monoisotopic (exact) mass is 242 g/mol. The summed E-state index contributed by atoms with van der Waals surface area (Å²) in [5.74, 6) is 0.556. The largest absolute Gasteiger partial charge is 0.475 e. The zero-order valence-corrected chi connectivity index (χ0v) is 9.74. The van der Waals surface area contributed by atoms with Gasteiger partial charge in [-0.2, -0.15) is 0 Å². The average molecular weight is 243 g/mol. The summed E-state index contributed by atoms with van der Waals surface area (Å²) in [6.45, 7) is 1.76. The van der Waals surface area contributed by atoms with Crippen LogP contribution in [0.25, 0.3) is 0 Å². The molecule has 0 radical (unpaired) electrons. The van der Waals surface area contributed by atoms with Crippen LogP contribution in [-0.4, -0.2) is 24.3 Å². The van der Waals surface area contributed by atoms with Crippen molar-refractivity contribution in [3.63, 3.8) is 0 Å². The average Bonchev–Trinajstić information content (AvgIpc) is 2.81. The lowest BCUT2D eigenvalue weighted by Crippen LogP contribution is -2.16. The van der Waals surface area contributed by atoms with Crippen LogP contribution in [0.4, 0.5) is 0 Å². The molecule has 1 aliphatic rings. The van der Waals surface area contributed by atoms with Crippen molar-refractivity contribution in [1.29, 1.82) is 0 Å². The molecule has 0 aliphatic carbocycles. The van der Waals surface area contributed by atoms with Crippen LogP contribution >= 0.6 is 11.6 Å². The van der Waals surface area contributed by atoms with Gasteiger partial charge in [-0.05, 0) is 18.4 Å². The lowest BCUT2D eigenvalue weighted by atomic mass is 10.2. The first-order valence-electron chi connectivity index (χ1n) is 5.38. The highest BCUT2D eigenvalue weighted by Gasteiger charge is 2.16. The normalized spacial score (nSPS) is 20.0. The van der Waals surface area contributed by atoms with Crippen LogP contribution in [0.15, 0.2) is 12.3 Å². The Morgan fingerprint density at radius 3 is 3.19 bits per heavy atom. The van der Waals surface area contributed by atoms with Crippen LogP contribution in [0.5, 0.6) is 5.88 Å². The van der Waals surface area contributed by atoms with E-state index < -0.39 is 0 Å². The van der Waals surface area contributed by atoms with Crippen LogP contribution in [0.3, 0.4) is 0 Å². The molecule has 1 aliphatic heterocycles. The zero-order chi connectivity index (χ0) is 11.4. The molecular formula is C11H15ClN2O2. The molecule has 2 heterocycles. The van der Waals surface area contributed by atoms with Crippen molar-refractivity contribution in [2.75, 3.05) is 13.2 Å². The number of pyridine rings is 1. The van der Waals surface area contributed by atoms with Crippen molar-refractivity contribution in [2.45, 2.75) is 25.5 Å². The van der Waals surface area contributed by atoms with Crippen molar-refractivity contribution in [2.24, 2.45) is 5.73 Å². The van der Waals surface area contributed by atoms with Gasteiger partial charge in [0.15, 0.2) is 0 Å². The minimum absolute atomic E-state index is 0.193. The van der Waals surface area contributed by atoms with Gasteiger partial charge in [0.05, 0.1) is 11.1 Å². The van der Waals surface area contributed by atoms with Gasteiger partial charge in [-0.15, -0.1) is 0 Å². The van der Waals surface area contributed by atoms with E-state index in [1.807, 2.05) is 0 Å². The zero-order valence-electron chi connectivity index (χ0n) is 8.99. The second-order valence-electron chi connectivity index (χ2n) is 3.76. The van der Waals surface area contributed by atoms with Crippen molar-refractivity contribution in [3.05, 3.63) is 22.8 Å². The lowest BCUT2D eigenvalue weighted by Gasteiger charge is -2.11. The molecule has 4 nitrogen and oxygen atoms in total.